The van der Waals surface area contributed by atoms with E-state index in [0.29, 0.717) is 6.42 Å². The first-order valence-electron chi connectivity index (χ1n) is 3.45. The highest BCUT2D eigenvalue weighted by Crippen LogP contribution is 2.15. The van der Waals surface area contributed by atoms with E-state index in [1.165, 1.54) is 0 Å². The van der Waals surface area contributed by atoms with E-state index in [4.69, 9.17) is 10.5 Å². The summed E-state index contributed by atoms with van der Waals surface area (Å²) in [6.07, 6.45) is 6.03. The zero-order chi connectivity index (χ0) is 8.27. The molecule has 1 amide bonds. The van der Waals surface area contributed by atoms with Crippen LogP contribution in [-0.2, 0) is 9.53 Å². The number of rotatable bonds is 2. The highest BCUT2D eigenvalue weighted by Gasteiger charge is 2.13. The lowest BCUT2D eigenvalue weighted by Gasteiger charge is -2.11. The molecule has 0 fully saturated rings. The number of carbonyl (C=O) groups excluding carboxylic acids is 1. The van der Waals surface area contributed by atoms with Crippen LogP contribution in [0.2, 0.25) is 0 Å². The van der Waals surface area contributed by atoms with Crippen LogP contribution in [0.25, 0.3) is 0 Å². The maximum absolute atomic E-state index is 10.7. The van der Waals surface area contributed by atoms with Crippen molar-refractivity contribution in [3.8, 4) is 0 Å². The third-order valence-corrected chi connectivity index (χ3v) is 1.67. The van der Waals surface area contributed by atoms with Crippen molar-refractivity contribution in [2.75, 3.05) is 7.11 Å². The van der Waals surface area contributed by atoms with Crippen LogP contribution in [0.5, 0.6) is 0 Å². The lowest BCUT2D eigenvalue weighted by Crippen LogP contribution is -2.22. The number of methoxy groups -OCH3 is 1. The van der Waals surface area contributed by atoms with E-state index in [9.17, 15) is 4.79 Å². The normalized spacial score (nSPS) is 22.6. The van der Waals surface area contributed by atoms with E-state index in [1.54, 1.807) is 19.3 Å². The van der Waals surface area contributed by atoms with Crippen molar-refractivity contribution < 1.29 is 9.53 Å². The third kappa shape index (κ3) is 1.83. The van der Waals surface area contributed by atoms with Crippen LogP contribution in [0, 0.1) is 5.92 Å². The van der Waals surface area contributed by atoms with Gasteiger partial charge < -0.3 is 10.5 Å². The number of hydrogen-bond acceptors (Lipinski definition) is 2. The number of carbonyl (C=O) groups is 1. The maximum atomic E-state index is 10.7. The van der Waals surface area contributed by atoms with Crippen LogP contribution >= 0.6 is 0 Å². The summed E-state index contributed by atoms with van der Waals surface area (Å²) in [4.78, 5) is 10.7. The minimum absolute atomic E-state index is 0.158. The summed E-state index contributed by atoms with van der Waals surface area (Å²) in [7, 11) is 1.60. The average molecular weight is 153 g/mol. The maximum Gasteiger partial charge on any atom is 0.224 e. The molecule has 1 aliphatic carbocycles. The first-order chi connectivity index (χ1) is 5.24. The molecule has 3 nitrogen and oxygen atoms in total. The summed E-state index contributed by atoms with van der Waals surface area (Å²) in [5.41, 5.74) is 5.09. The molecule has 0 aromatic rings. The van der Waals surface area contributed by atoms with Gasteiger partial charge in [-0.1, -0.05) is 6.08 Å². The number of primary amides is 1. The Morgan fingerprint density at radius 2 is 2.55 bits per heavy atom. The van der Waals surface area contributed by atoms with Gasteiger partial charge in [-0.25, -0.2) is 0 Å². The van der Waals surface area contributed by atoms with Crippen molar-refractivity contribution in [1.82, 2.24) is 0 Å². The highest BCUT2D eigenvalue weighted by atomic mass is 16.5. The number of hydrogen-bond donors (Lipinski definition) is 1. The number of nitrogens with two attached hydrogens (primary N) is 1. The van der Waals surface area contributed by atoms with Crippen molar-refractivity contribution in [1.29, 1.82) is 0 Å². The van der Waals surface area contributed by atoms with Gasteiger partial charge in [0.05, 0.1) is 13.0 Å². The summed E-state index contributed by atoms with van der Waals surface area (Å²) in [5.74, 6) is 0.351. The quantitative estimate of drug-likeness (QED) is 0.630. The molecule has 0 bridgehead atoms. The minimum atomic E-state index is -0.285. The fourth-order valence-corrected chi connectivity index (χ4v) is 0.963. The average Bonchev–Trinajstić information content (AvgIpc) is 2.05. The molecular formula is C8H11NO2. The summed E-state index contributed by atoms with van der Waals surface area (Å²) in [6.45, 7) is 0. The van der Waals surface area contributed by atoms with Crippen molar-refractivity contribution in [2.45, 2.75) is 6.42 Å². The molecule has 0 aliphatic heterocycles. The molecule has 1 rings (SSSR count). The number of ether oxygens (including phenoxy) is 1. The van der Waals surface area contributed by atoms with Gasteiger partial charge in [0.25, 0.3) is 0 Å². The van der Waals surface area contributed by atoms with Gasteiger partial charge >= 0.3 is 0 Å². The largest absolute Gasteiger partial charge is 0.497 e. The second-order valence-electron chi connectivity index (χ2n) is 2.41. The van der Waals surface area contributed by atoms with E-state index in [0.717, 1.165) is 5.76 Å². The van der Waals surface area contributed by atoms with Crippen LogP contribution in [0.4, 0.5) is 0 Å². The van der Waals surface area contributed by atoms with E-state index in [2.05, 4.69) is 0 Å². The molecule has 0 saturated carbocycles. The van der Waals surface area contributed by atoms with Crippen LogP contribution < -0.4 is 5.73 Å². The molecule has 0 heterocycles. The second kappa shape index (κ2) is 3.23. The van der Waals surface area contributed by atoms with Gasteiger partial charge in [-0.2, -0.15) is 0 Å². The Bertz CT molecular complexity index is 218. The van der Waals surface area contributed by atoms with E-state index in [1.807, 2.05) is 6.08 Å². The van der Waals surface area contributed by atoms with Crippen LogP contribution in [-0.4, -0.2) is 13.0 Å². The first kappa shape index (κ1) is 7.85. The number of amides is 1. The zero-order valence-corrected chi connectivity index (χ0v) is 6.41. The predicted octanol–water partition coefficient (Wildman–Crippen LogP) is 0.578. The van der Waals surface area contributed by atoms with Gasteiger partial charge in [0.15, 0.2) is 0 Å². The van der Waals surface area contributed by atoms with E-state index < -0.39 is 0 Å². The zero-order valence-electron chi connectivity index (χ0n) is 6.41. The standard InChI is InChI=1S/C8H11NO2/c1-11-7-4-2-6(3-5-7)8(9)10/h2,4-6H,3H2,1H3,(H2,9,10). The van der Waals surface area contributed by atoms with Gasteiger partial charge in [-0.3, -0.25) is 4.79 Å². The first-order valence-corrected chi connectivity index (χ1v) is 3.45. The lowest BCUT2D eigenvalue weighted by atomic mass is 10.00. The Morgan fingerprint density at radius 1 is 1.82 bits per heavy atom. The van der Waals surface area contributed by atoms with Gasteiger partial charge in [-0.15, -0.1) is 0 Å². The van der Waals surface area contributed by atoms with E-state index >= 15 is 0 Å². The van der Waals surface area contributed by atoms with Crippen molar-refractivity contribution in [3.05, 3.63) is 24.0 Å². The van der Waals surface area contributed by atoms with Crippen LogP contribution in [0.3, 0.4) is 0 Å². The molecule has 0 aromatic heterocycles. The molecule has 60 valence electrons. The smallest absolute Gasteiger partial charge is 0.224 e. The molecule has 11 heavy (non-hydrogen) atoms. The molecule has 0 spiro atoms. The van der Waals surface area contributed by atoms with Gasteiger partial charge in [0, 0.05) is 0 Å². The summed E-state index contributed by atoms with van der Waals surface area (Å²) in [5, 5.41) is 0. The van der Waals surface area contributed by atoms with Crippen molar-refractivity contribution >= 4 is 5.91 Å². The molecule has 1 atom stereocenters. The number of allylic oxidation sites excluding steroid dienone is 2. The SMILES string of the molecule is COC1=CCC(C(N)=O)C=C1. The Labute approximate surface area is 65.5 Å². The fraction of sp³-hybridized carbons (Fsp3) is 0.375. The van der Waals surface area contributed by atoms with E-state index in [-0.39, 0.29) is 11.8 Å². The molecular weight excluding hydrogens is 142 g/mol. The topological polar surface area (TPSA) is 52.3 Å². The molecule has 0 radical (unpaired) electrons. The Kier molecular flexibility index (Phi) is 2.31. The van der Waals surface area contributed by atoms with Gasteiger partial charge in [-0.05, 0) is 18.6 Å². The van der Waals surface area contributed by atoms with Crippen LogP contribution in [0.15, 0.2) is 24.0 Å². The fourth-order valence-electron chi connectivity index (χ4n) is 0.963. The summed E-state index contributed by atoms with van der Waals surface area (Å²) in [6, 6.07) is 0. The Balaban J connectivity index is 2.57. The summed E-state index contributed by atoms with van der Waals surface area (Å²) < 4.78 is 4.94. The van der Waals surface area contributed by atoms with Gasteiger partial charge in [0.2, 0.25) is 5.91 Å². The Morgan fingerprint density at radius 3 is 2.91 bits per heavy atom. The van der Waals surface area contributed by atoms with Gasteiger partial charge in [0.1, 0.15) is 5.76 Å². The molecule has 2 N–H and O–H groups in total. The molecule has 1 aliphatic rings. The lowest BCUT2D eigenvalue weighted by molar-refractivity contribution is -0.120. The predicted molar refractivity (Wildman–Crippen MR) is 41.5 cm³/mol. The van der Waals surface area contributed by atoms with Crippen LogP contribution in [0.1, 0.15) is 6.42 Å². The third-order valence-electron chi connectivity index (χ3n) is 1.67. The molecule has 1 unspecified atom stereocenters. The van der Waals surface area contributed by atoms with Crippen molar-refractivity contribution in [2.24, 2.45) is 11.7 Å². The second-order valence-corrected chi connectivity index (χ2v) is 2.41. The molecule has 0 saturated heterocycles. The Hall–Kier alpha value is -1.25. The highest BCUT2D eigenvalue weighted by molar-refractivity contribution is 5.79. The van der Waals surface area contributed by atoms with Crippen molar-refractivity contribution in [3.63, 3.8) is 0 Å². The molecule has 3 heteroatoms. The summed E-state index contributed by atoms with van der Waals surface area (Å²) >= 11 is 0. The monoisotopic (exact) mass is 153 g/mol. The molecule has 0 aromatic carbocycles. The minimum Gasteiger partial charge on any atom is -0.497 e.